The molecular weight excluding hydrogens is 607 g/mol. The molecule has 4 rings (SSSR count). The van der Waals surface area contributed by atoms with Crippen LogP contribution in [0.3, 0.4) is 0 Å². The summed E-state index contributed by atoms with van der Waals surface area (Å²) in [5.74, 6) is -0.283. The average molecular weight is 634 g/mol. The van der Waals surface area contributed by atoms with Crippen LogP contribution in [0.4, 0.5) is 37.8 Å². The zero-order valence-corrected chi connectivity index (χ0v) is 24.3. The average Bonchev–Trinajstić information content (AvgIpc) is 3.40. The third-order valence-electron chi connectivity index (χ3n) is 7.48. The van der Waals surface area contributed by atoms with Crippen molar-refractivity contribution in [1.29, 1.82) is 0 Å². The molecule has 226 valence electrons. The van der Waals surface area contributed by atoms with E-state index in [9.17, 15) is 36.2 Å². The zero-order chi connectivity index (χ0) is 31.2. The number of alkyl halides is 6. The first-order valence-corrected chi connectivity index (χ1v) is 13.6. The third-order valence-corrected chi connectivity index (χ3v) is 8.03. The summed E-state index contributed by atoms with van der Waals surface area (Å²) in [5, 5.41) is 10.4. The van der Waals surface area contributed by atoms with Crippen molar-refractivity contribution in [2.24, 2.45) is 0 Å². The van der Waals surface area contributed by atoms with Crippen LogP contribution in [0.5, 0.6) is 0 Å². The molecule has 0 radical (unpaired) electrons. The molecule has 1 aliphatic heterocycles. The molecule has 1 atom stereocenters. The molecule has 1 fully saturated rings. The van der Waals surface area contributed by atoms with Crippen LogP contribution in [-0.2, 0) is 22.6 Å². The molecule has 0 aliphatic carbocycles. The number of hydrogen-bond acceptors (Lipinski definition) is 4. The van der Waals surface area contributed by atoms with Crippen LogP contribution in [0.2, 0.25) is 10.0 Å². The molecule has 2 aromatic carbocycles. The van der Waals surface area contributed by atoms with E-state index >= 15 is 0 Å². The summed E-state index contributed by atoms with van der Waals surface area (Å²) in [6.07, 6.45) is -7.16. The molecule has 3 aromatic rings. The van der Waals surface area contributed by atoms with E-state index in [2.05, 4.69) is 4.98 Å². The summed E-state index contributed by atoms with van der Waals surface area (Å²) in [6.45, 7) is 3.05. The SMILES string of the molecule is CN(C(=O)C(C)(C)c1cc(C(F)(F)F)cc(C(F)(F)F)c1)c1cnc(N2CCC[C@@H]2CO)cc1-c1ccc(Cl)cc1Cl. The van der Waals surface area contributed by atoms with E-state index < -0.39 is 40.4 Å². The van der Waals surface area contributed by atoms with Crippen molar-refractivity contribution >= 4 is 40.6 Å². The molecule has 1 N–H and O–H groups in total. The van der Waals surface area contributed by atoms with Gasteiger partial charge in [0, 0.05) is 34.8 Å². The number of carbonyl (C=O) groups is 1. The van der Waals surface area contributed by atoms with Crippen molar-refractivity contribution in [2.45, 2.75) is 50.5 Å². The Labute approximate surface area is 248 Å². The fourth-order valence-corrected chi connectivity index (χ4v) is 5.59. The van der Waals surface area contributed by atoms with Gasteiger partial charge >= 0.3 is 12.4 Å². The molecular formula is C29H27Cl2F6N3O2. The Hall–Kier alpha value is -3.02. The molecule has 2 heterocycles. The maximum absolute atomic E-state index is 13.9. The molecule has 1 saturated heterocycles. The zero-order valence-electron chi connectivity index (χ0n) is 22.7. The molecule has 0 bridgehead atoms. The molecule has 42 heavy (non-hydrogen) atoms. The molecule has 5 nitrogen and oxygen atoms in total. The van der Waals surface area contributed by atoms with Crippen LogP contribution in [0.15, 0.2) is 48.7 Å². The number of pyridine rings is 1. The van der Waals surface area contributed by atoms with Gasteiger partial charge in [0.05, 0.1) is 41.1 Å². The van der Waals surface area contributed by atoms with Crippen molar-refractivity contribution in [3.8, 4) is 11.1 Å². The van der Waals surface area contributed by atoms with Gasteiger partial charge in [0.25, 0.3) is 0 Å². The Balaban J connectivity index is 1.83. The lowest BCUT2D eigenvalue weighted by atomic mass is 9.81. The Kier molecular flexibility index (Phi) is 8.79. The predicted molar refractivity (Wildman–Crippen MR) is 150 cm³/mol. The van der Waals surface area contributed by atoms with Crippen molar-refractivity contribution < 1.29 is 36.2 Å². The summed E-state index contributed by atoms with van der Waals surface area (Å²) < 4.78 is 81.4. The van der Waals surface area contributed by atoms with Crippen LogP contribution >= 0.6 is 23.2 Å². The van der Waals surface area contributed by atoms with Gasteiger partial charge in [-0.05, 0) is 68.7 Å². The largest absolute Gasteiger partial charge is 0.416 e. The minimum Gasteiger partial charge on any atom is -0.394 e. The highest BCUT2D eigenvalue weighted by Gasteiger charge is 2.41. The number of halogens is 8. The van der Waals surface area contributed by atoms with Gasteiger partial charge in [0.2, 0.25) is 5.91 Å². The Morgan fingerprint density at radius 2 is 1.57 bits per heavy atom. The van der Waals surface area contributed by atoms with E-state index in [1.807, 2.05) is 4.90 Å². The van der Waals surface area contributed by atoms with Gasteiger partial charge in [-0.15, -0.1) is 0 Å². The third kappa shape index (κ3) is 6.33. The number of hydrogen-bond donors (Lipinski definition) is 1. The maximum Gasteiger partial charge on any atom is 0.416 e. The number of benzene rings is 2. The van der Waals surface area contributed by atoms with Crippen molar-refractivity contribution in [2.75, 3.05) is 30.0 Å². The summed E-state index contributed by atoms with van der Waals surface area (Å²) in [4.78, 5) is 21.4. The number of carbonyl (C=O) groups excluding carboxylic acids is 1. The van der Waals surface area contributed by atoms with Gasteiger partial charge in [-0.3, -0.25) is 4.79 Å². The van der Waals surface area contributed by atoms with E-state index in [1.54, 1.807) is 18.2 Å². The van der Waals surface area contributed by atoms with Crippen LogP contribution in [0, 0.1) is 0 Å². The highest BCUT2D eigenvalue weighted by Crippen LogP contribution is 2.42. The minimum atomic E-state index is -5.07. The van der Waals surface area contributed by atoms with Crippen molar-refractivity contribution in [1.82, 2.24) is 4.98 Å². The number of anilines is 2. The van der Waals surface area contributed by atoms with Gasteiger partial charge in [-0.1, -0.05) is 29.3 Å². The second-order valence-electron chi connectivity index (χ2n) is 10.6. The summed E-state index contributed by atoms with van der Waals surface area (Å²) in [7, 11) is 1.36. The van der Waals surface area contributed by atoms with Crippen LogP contribution < -0.4 is 9.80 Å². The van der Waals surface area contributed by atoms with Gasteiger partial charge < -0.3 is 14.9 Å². The topological polar surface area (TPSA) is 56.7 Å². The lowest BCUT2D eigenvalue weighted by Crippen LogP contribution is -2.42. The number of likely N-dealkylation sites (N-methyl/N-ethyl adjacent to an activating group) is 1. The van der Waals surface area contributed by atoms with Gasteiger partial charge in [-0.25, -0.2) is 4.98 Å². The second kappa shape index (κ2) is 11.6. The first-order valence-electron chi connectivity index (χ1n) is 12.9. The standard InChI is InChI=1S/C29H27Cl2F6N3O2/c1-27(2,16-9-17(28(32,33)34)11-18(10-16)29(35,36)37)26(42)39(3)24-14-38-25(40-8-4-5-20(40)15-41)13-22(24)21-7-6-19(30)12-23(21)31/h6-7,9-14,20,41H,4-5,8,15H2,1-3H3/t20-/m1/s1. The first kappa shape index (κ1) is 31.9. The molecule has 1 aliphatic rings. The number of aliphatic hydroxyl groups excluding tert-OH is 1. The molecule has 13 heteroatoms. The number of nitrogens with zero attached hydrogens (tertiary/aromatic N) is 3. The summed E-state index contributed by atoms with van der Waals surface area (Å²) >= 11 is 12.6. The highest BCUT2D eigenvalue weighted by atomic mass is 35.5. The molecule has 1 aromatic heterocycles. The highest BCUT2D eigenvalue weighted by molar-refractivity contribution is 6.36. The maximum atomic E-state index is 13.9. The van der Waals surface area contributed by atoms with E-state index in [0.717, 1.165) is 17.7 Å². The fraction of sp³-hybridized carbons (Fsp3) is 0.379. The predicted octanol–water partition coefficient (Wildman–Crippen LogP) is 7.99. The van der Waals surface area contributed by atoms with Gasteiger partial charge in [0.1, 0.15) is 5.82 Å². The van der Waals surface area contributed by atoms with Gasteiger partial charge in [-0.2, -0.15) is 26.3 Å². The van der Waals surface area contributed by atoms with E-state index in [0.29, 0.717) is 40.6 Å². The molecule has 0 spiro atoms. The Morgan fingerprint density at radius 1 is 0.976 bits per heavy atom. The lowest BCUT2D eigenvalue weighted by Gasteiger charge is -2.32. The Morgan fingerprint density at radius 3 is 2.12 bits per heavy atom. The monoisotopic (exact) mass is 633 g/mol. The fourth-order valence-electron chi connectivity index (χ4n) is 5.08. The smallest absolute Gasteiger partial charge is 0.394 e. The van der Waals surface area contributed by atoms with Crippen molar-refractivity contribution in [3.63, 3.8) is 0 Å². The summed E-state index contributed by atoms with van der Waals surface area (Å²) in [5.41, 5.74) is -4.21. The van der Waals surface area contributed by atoms with Gasteiger partial charge in [0.15, 0.2) is 0 Å². The minimum absolute atomic E-state index is 0.0229. The Bertz CT molecular complexity index is 1460. The van der Waals surface area contributed by atoms with Crippen LogP contribution in [-0.4, -0.2) is 42.2 Å². The second-order valence-corrected chi connectivity index (χ2v) is 11.5. The molecule has 1 amide bonds. The van der Waals surface area contributed by atoms with Crippen LogP contribution in [0.25, 0.3) is 11.1 Å². The quantitative estimate of drug-likeness (QED) is 0.280. The molecule has 0 unspecified atom stereocenters. The lowest BCUT2D eigenvalue weighted by molar-refractivity contribution is -0.143. The summed E-state index contributed by atoms with van der Waals surface area (Å²) in [6, 6.07) is 7.37. The number of aromatic nitrogens is 1. The number of rotatable bonds is 6. The first-order chi connectivity index (χ1) is 19.4. The van der Waals surface area contributed by atoms with Crippen LogP contribution in [0.1, 0.15) is 43.4 Å². The van der Waals surface area contributed by atoms with Crippen molar-refractivity contribution in [3.05, 3.63) is 75.4 Å². The normalized spacial score (nSPS) is 16.2. The van der Waals surface area contributed by atoms with E-state index in [4.69, 9.17) is 23.2 Å². The van der Waals surface area contributed by atoms with E-state index in [1.165, 1.54) is 33.2 Å². The van der Waals surface area contributed by atoms with E-state index in [-0.39, 0.29) is 29.4 Å². The molecule has 0 saturated carbocycles. The number of aliphatic hydroxyl groups is 1. The number of amides is 1.